The quantitative estimate of drug-likeness (QED) is 0.381. The molecule has 0 radical (unpaired) electrons. The van der Waals surface area contributed by atoms with Crippen LogP contribution < -0.4 is 10.8 Å². The number of alkyl carbamates (subject to hydrolysis) is 1. The third-order valence-corrected chi connectivity index (χ3v) is 6.77. The summed E-state index contributed by atoms with van der Waals surface area (Å²) in [7, 11) is -4.22. The highest BCUT2D eigenvalue weighted by atomic mass is 32.2. The van der Waals surface area contributed by atoms with E-state index in [1.165, 1.54) is 25.4 Å². The zero-order chi connectivity index (χ0) is 25.7. The third kappa shape index (κ3) is 7.24. The van der Waals surface area contributed by atoms with Crippen LogP contribution in [0.25, 0.3) is 0 Å². The molecule has 2 aromatic carbocycles. The number of amides is 2. The molecule has 0 saturated carbocycles. The number of nitrogens with one attached hydrogen (secondary N) is 2. The molecule has 9 nitrogen and oxygen atoms in total. The summed E-state index contributed by atoms with van der Waals surface area (Å²) in [5.74, 6) is -1.47. The van der Waals surface area contributed by atoms with Gasteiger partial charge in [0.05, 0.1) is 4.90 Å². The van der Waals surface area contributed by atoms with Crippen LogP contribution in [0.3, 0.4) is 0 Å². The zero-order valence-electron chi connectivity index (χ0n) is 19.8. The average Bonchev–Trinajstić information content (AvgIpc) is 2.76. The Bertz CT molecular complexity index is 1130. The van der Waals surface area contributed by atoms with E-state index in [1.54, 1.807) is 45.0 Å². The van der Waals surface area contributed by atoms with Gasteiger partial charge in [-0.05, 0) is 69.5 Å². The Morgan fingerprint density at radius 3 is 2.24 bits per heavy atom. The van der Waals surface area contributed by atoms with Gasteiger partial charge in [0.25, 0.3) is 5.91 Å². The third-order valence-electron chi connectivity index (χ3n) is 4.85. The van der Waals surface area contributed by atoms with Crippen LogP contribution >= 0.6 is 0 Å². The maximum absolute atomic E-state index is 13.7. The van der Waals surface area contributed by atoms with Gasteiger partial charge in [-0.3, -0.25) is 10.0 Å². The van der Waals surface area contributed by atoms with Crippen molar-refractivity contribution in [2.45, 2.75) is 64.2 Å². The predicted molar refractivity (Wildman–Crippen MR) is 123 cm³/mol. The Morgan fingerprint density at radius 2 is 1.71 bits per heavy atom. The second-order valence-electron chi connectivity index (χ2n) is 8.79. The lowest BCUT2D eigenvalue weighted by atomic mass is 10.1. The fourth-order valence-electron chi connectivity index (χ4n) is 3.00. The molecule has 0 spiro atoms. The van der Waals surface area contributed by atoms with E-state index in [2.05, 4.69) is 5.32 Å². The highest BCUT2D eigenvalue weighted by Crippen LogP contribution is 2.23. The summed E-state index contributed by atoms with van der Waals surface area (Å²) in [6.07, 6.45) is -0.563. The Hall–Kier alpha value is -3.02. The summed E-state index contributed by atoms with van der Waals surface area (Å²) in [5.41, 5.74) is 2.30. The van der Waals surface area contributed by atoms with Crippen LogP contribution in [0.4, 0.5) is 9.18 Å². The molecule has 0 aliphatic rings. The molecule has 186 valence electrons. The fraction of sp³-hybridized carbons (Fsp3) is 0.391. The van der Waals surface area contributed by atoms with Crippen LogP contribution in [-0.2, 0) is 32.6 Å². The van der Waals surface area contributed by atoms with Gasteiger partial charge >= 0.3 is 6.09 Å². The summed E-state index contributed by atoms with van der Waals surface area (Å²) < 4.78 is 46.4. The topological polar surface area (TPSA) is 125 Å². The normalized spacial score (nSPS) is 12.8. The van der Waals surface area contributed by atoms with Gasteiger partial charge in [-0.1, -0.05) is 24.3 Å². The van der Waals surface area contributed by atoms with Gasteiger partial charge in [0.1, 0.15) is 17.5 Å². The van der Waals surface area contributed by atoms with Crippen molar-refractivity contribution < 1.29 is 32.3 Å². The maximum Gasteiger partial charge on any atom is 0.407 e. The monoisotopic (exact) mass is 495 g/mol. The van der Waals surface area contributed by atoms with Gasteiger partial charge in [0.2, 0.25) is 10.0 Å². The number of rotatable bonds is 8. The minimum atomic E-state index is -4.22. The van der Waals surface area contributed by atoms with E-state index in [0.717, 1.165) is 22.0 Å². The van der Waals surface area contributed by atoms with Crippen molar-refractivity contribution in [1.29, 1.82) is 0 Å². The summed E-state index contributed by atoms with van der Waals surface area (Å²) >= 11 is 0. The molecule has 11 heteroatoms. The molecule has 2 aromatic rings. The van der Waals surface area contributed by atoms with Crippen LogP contribution in [-0.4, -0.2) is 41.6 Å². The Kier molecular flexibility index (Phi) is 8.76. The maximum atomic E-state index is 13.7. The standard InChI is InChI=1S/C23H30FN3O6S/c1-15-12-19(10-11-20(15)24)34(31,32)27(16(2)21(28)26-30)14-18-8-6-17(7-9-18)13-25-22(29)33-23(3,4)5/h6-12,16,30H,13-14H2,1-5H3,(H,25,29)(H,26,28)/t16-/m1/s1. The molecule has 0 heterocycles. The Labute approximate surface area is 198 Å². The van der Waals surface area contributed by atoms with Gasteiger partial charge < -0.3 is 10.1 Å². The number of sulfonamides is 1. The lowest BCUT2D eigenvalue weighted by molar-refractivity contribution is -0.132. The molecule has 34 heavy (non-hydrogen) atoms. The van der Waals surface area contributed by atoms with Crippen LogP contribution in [0.1, 0.15) is 44.4 Å². The van der Waals surface area contributed by atoms with Crippen molar-refractivity contribution in [1.82, 2.24) is 15.1 Å². The van der Waals surface area contributed by atoms with E-state index in [4.69, 9.17) is 9.94 Å². The summed E-state index contributed by atoms with van der Waals surface area (Å²) in [4.78, 5) is 23.7. The van der Waals surface area contributed by atoms with Gasteiger partial charge in [0, 0.05) is 13.1 Å². The number of halogens is 1. The van der Waals surface area contributed by atoms with Gasteiger partial charge in [-0.25, -0.2) is 23.1 Å². The van der Waals surface area contributed by atoms with E-state index in [0.29, 0.717) is 5.56 Å². The first-order valence-corrected chi connectivity index (χ1v) is 11.9. The molecular weight excluding hydrogens is 465 g/mol. The first-order chi connectivity index (χ1) is 15.7. The Morgan fingerprint density at radius 1 is 1.12 bits per heavy atom. The number of ether oxygens (including phenoxy) is 1. The second-order valence-corrected chi connectivity index (χ2v) is 10.7. The number of hydrogen-bond acceptors (Lipinski definition) is 6. The highest BCUT2D eigenvalue weighted by molar-refractivity contribution is 7.89. The number of benzene rings is 2. The number of hydroxylamine groups is 1. The van der Waals surface area contributed by atoms with Crippen molar-refractivity contribution in [2.24, 2.45) is 0 Å². The molecule has 3 N–H and O–H groups in total. The minimum Gasteiger partial charge on any atom is -0.444 e. The van der Waals surface area contributed by atoms with Crippen LogP contribution in [0.15, 0.2) is 47.4 Å². The van der Waals surface area contributed by atoms with E-state index >= 15 is 0 Å². The second kappa shape index (κ2) is 10.9. The molecular formula is C23H30FN3O6S. The van der Waals surface area contributed by atoms with Crippen LogP contribution in [0, 0.1) is 12.7 Å². The van der Waals surface area contributed by atoms with Crippen molar-refractivity contribution in [3.63, 3.8) is 0 Å². The molecule has 0 fully saturated rings. The minimum absolute atomic E-state index is 0.141. The molecule has 0 saturated heterocycles. The summed E-state index contributed by atoms with van der Waals surface area (Å²) in [6.45, 7) is 8.05. The zero-order valence-corrected chi connectivity index (χ0v) is 20.6. The van der Waals surface area contributed by atoms with E-state index in [9.17, 15) is 22.4 Å². The summed E-state index contributed by atoms with van der Waals surface area (Å²) in [6, 6.07) is 8.83. The van der Waals surface area contributed by atoms with Gasteiger partial charge in [-0.2, -0.15) is 4.31 Å². The van der Waals surface area contributed by atoms with Crippen LogP contribution in [0.2, 0.25) is 0 Å². The fourth-order valence-corrected chi connectivity index (χ4v) is 4.67. The molecule has 0 unspecified atom stereocenters. The van der Waals surface area contributed by atoms with Crippen molar-refractivity contribution in [3.05, 3.63) is 65.0 Å². The van der Waals surface area contributed by atoms with Gasteiger partial charge in [-0.15, -0.1) is 0 Å². The Balaban J connectivity index is 2.24. The molecule has 1 atom stereocenters. The van der Waals surface area contributed by atoms with E-state index in [-0.39, 0.29) is 23.5 Å². The van der Waals surface area contributed by atoms with E-state index in [1.807, 2.05) is 0 Å². The number of carbonyl (C=O) groups is 2. The summed E-state index contributed by atoms with van der Waals surface area (Å²) in [5, 5.41) is 11.7. The first-order valence-electron chi connectivity index (χ1n) is 10.5. The highest BCUT2D eigenvalue weighted by Gasteiger charge is 2.33. The SMILES string of the molecule is Cc1cc(S(=O)(=O)N(Cc2ccc(CNC(=O)OC(C)(C)C)cc2)[C@H](C)C(=O)NO)ccc1F. The van der Waals surface area contributed by atoms with E-state index < -0.39 is 39.5 Å². The smallest absolute Gasteiger partial charge is 0.407 e. The lowest BCUT2D eigenvalue weighted by Crippen LogP contribution is -2.46. The van der Waals surface area contributed by atoms with Crippen LogP contribution in [0.5, 0.6) is 0 Å². The van der Waals surface area contributed by atoms with Crippen molar-refractivity contribution in [3.8, 4) is 0 Å². The molecule has 0 aromatic heterocycles. The largest absolute Gasteiger partial charge is 0.444 e. The van der Waals surface area contributed by atoms with Crippen molar-refractivity contribution >= 4 is 22.0 Å². The molecule has 2 amide bonds. The number of carbonyl (C=O) groups excluding carboxylic acids is 2. The van der Waals surface area contributed by atoms with Crippen molar-refractivity contribution in [2.75, 3.05) is 0 Å². The average molecular weight is 496 g/mol. The predicted octanol–water partition coefficient (Wildman–Crippen LogP) is 3.24. The molecule has 0 aliphatic carbocycles. The number of hydrogen-bond donors (Lipinski definition) is 3. The molecule has 0 bridgehead atoms. The number of nitrogens with zero attached hydrogens (tertiary/aromatic N) is 1. The molecule has 2 rings (SSSR count). The molecule has 0 aliphatic heterocycles. The first kappa shape index (κ1) is 27.2. The van der Waals surface area contributed by atoms with Gasteiger partial charge in [0.15, 0.2) is 0 Å². The number of aryl methyl sites for hydroxylation is 1. The lowest BCUT2D eigenvalue weighted by Gasteiger charge is -2.27.